The highest BCUT2D eigenvalue weighted by atomic mass is 35.5. The maximum Gasteiger partial charge on any atom is 0.260 e. The van der Waals surface area contributed by atoms with E-state index in [1.807, 2.05) is 25.1 Å². The number of allylic oxidation sites excluding steroid dienone is 1. The maximum absolute atomic E-state index is 13.8. The fourth-order valence-electron chi connectivity index (χ4n) is 5.53. The second-order valence-electron chi connectivity index (χ2n) is 10.6. The minimum atomic E-state index is -0.135. The summed E-state index contributed by atoms with van der Waals surface area (Å²) in [5.74, 6) is 1.39. The molecule has 2 aromatic carbocycles. The zero-order chi connectivity index (χ0) is 29.2. The lowest BCUT2D eigenvalue weighted by molar-refractivity contribution is -0.0208. The van der Waals surface area contributed by atoms with Gasteiger partial charge in [-0.25, -0.2) is 9.98 Å². The number of morpholine rings is 1. The Labute approximate surface area is 249 Å². The summed E-state index contributed by atoms with van der Waals surface area (Å²) >= 11 is 6.72. The molecule has 4 aromatic rings. The van der Waals surface area contributed by atoms with Gasteiger partial charge in [-0.1, -0.05) is 48.9 Å². The lowest BCUT2D eigenvalue weighted by Gasteiger charge is -2.30. The number of halogens is 1. The molecule has 0 aliphatic carbocycles. The zero-order valence-electron chi connectivity index (χ0n) is 24.1. The number of fused-ring (bicyclic) bond motifs is 1. The Hall–Kier alpha value is -3.98. The topological polar surface area (TPSA) is 84.9 Å². The average molecular weight is 584 g/mol. The number of ether oxygens (including phenoxy) is 1. The highest BCUT2D eigenvalue weighted by Crippen LogP contribution is 2.31. The molecule has 6 rings (SSSR count). The Balaban J connectivity index is 1.36. The molecular weight excluding hydrogens is 550 g/mol. The molecule has 2 aliphatic rings. The molecule has 2 aromatic heterocycles. The van der Waals surface area contributed by atoms with Gasteiger partial charge in [-0.3, -0.25) is 9.36 Å². The summed E-state index contributed by atoms with van der Waals surface area (Å²) in [6, 6.07) is 15.8. The highest BCUT2D eigenvalue weighted by molar-refractivity contribution is 6.33. The van der Waals surface area contributed by atoms with Crippen LogP contribution in [0.4, 0.5) is 5.69 Å². The van der Waals surface area contributed by atoms with Crippen molar-refractivity contribution in [1.82, 2.24) is 14.5 Å². The second-order valence-corrected chi connectivity index (χ2v) is 11.0. The number of aromatic nitrogens is 2. The molecule has 0 radical (unpaired) electrons. The van der Waals surface area contributed by atoms with Gasteiger partial charge in [0.15, 0.2) is 12.2 Å². The maximum atomic E-state index is 13.8. The van der Waals surface area contributed by atoms with E-state index in [2.05, 4.69) is 59.5 Å². The first kappa shape index (κ1) is 28.2. The summed E-state index contributed by atoms with van der Waals surface area (Å²) in [7, 11) is 2.12. The zero-order valence-corrected chi connectivity index (χ0v) is 24.8. The molecule has 1 saturated heterocycles. The van der Waals surface area contributed by atoms with E-state index in [1.165, 1.54) is 12.0 Å². The first-order chi connectivity index (χ1) is 20.4. The van der Waals surface area contributed by atoms with Gasteiger partial charge in [0.25, 0.3) is 5.56 Å². The Kier molecular flexibility index (Phi) is 8.11. The van der Waals surface area contributed by atoms with Crippen molar-refractivity contribution in [3.8, 4) is 22.5 Å². The third kappa shape index (κ3) is 5.57. The molecule has 0 bridgehead atoms. The lowest BCUT2D eigenvalue weighted by atomic mass is 10.0. The summed E-state index contributed by atoms with van der Waals surface area (Å²) in [5, 5.41) is 4.91. The molecule has 1 fully saturated rings. The Morgan fingerprint density at radius 3 is 2.62 bits per heavy atom. The van der Waals surface area contributed by atoms with Crippen molar-refractivity contribution in [3.63, 3.8) is 0 Å². The third-order valence-corrected chi connectivity index (χ3v) is 8.26. The van der Waals surface area contributed by atoms with Gasteiger partial charge in [-0.2, -0.15) is 0 Å². The summed E-state index contributed by atoms with van der Waals surface area (Å²) in [6.45, 7) is 7.14. The highest BCUT2D eigenvalue weighted by Gasteiger charge is 2.20. The number of nitrogens with one attached hydrogen (secondary N) is 1. The van der Waals surface area contributed by atoms with Crippen molar-refractivity contribution < 1.29 is 9.15 Å². The van der Waals surface area contributed by atoms with Crippen molar-refractivity contribution >= 4 is 23.4 Å². The van der Waals surface area contributed by atoms with Crippen molar-refractivity contribution in [2.75, 3.05) is 32.1 Å². The van der Waals surface area contributed by atoms with Gasteiger partial charge in [0.05, 0.1) is 18.9 Å². The number of oxazole rings is 1. The van der Waals surface area contributed by atoms with Crippen LogP contribution >= 0.6 is 11.6 Å². The number of pyridine rings is 1. The molecule has 216 valence electrons. The number of nitrogens with zero attached hydrogens (tertiary/aromatic N) is 4. The van der Waals surface area contributed by atoms with E-state index in [4.69, 9.17) is 25.7 Å². The van der Waals surface area contributed by atoms with E-state index in [1.54, 1.807) is 16.8 Å². The first-order valence-corrected chi connectivity index (χ1v) is 14.7. The fourth-order valence-corrected chi connectivity index (χ4v) is 5.81. The van der Waals surface area contributed by atoms with E-state index in [0.717, 1.165) is 60.4 Å². The molecule has 1 atom stereocenters. The Bertz CT molecular complexity index is 1810. The van der Waals surface area contributed by atoms with Gasteiger partial charge in [0.2, 0.25) is 0 Å². The van der Waals surface area contributed by atoms with Crippen LogP contribution in [0.15, 0.2) is 86.7 Å². The smallest absolute Gasteiger partial charge is 0.260 e. The van der Waals surface area contributed by atoms with E-state index in [0.29, 0.717) is 33.9 Å². The van der Waals surface area contributed by atoms with E-state index < -0.39 is 0 Å². The quantitative estimate of drug-likeness (QED) is 0.314. The first-order valence-electron chi connectivity index (χ1n) is 14.4. The summed E-state index contributed by atoms with van der Waals surface area (Å²) < 4.78 is 13.1. The number of benzene rings is 2. The van der Waals surface area contributed by atoms with Crippen LogP contribution < -0.4 is 21.6 Å². The van der Waals surface area contributed by atoms with Gasteiger partial charge in [-0.15, -0.1) is 0 Å². The number of rotatable bonds is 7. The minimum Gasteiger partial charge on any atom is -0.444 e. The van der Waals surface area contributed by atoms with E-state index in [9.17, 15) is 4.79 Å². The predicted octanol–water partition coefficient (Wildman–Crippen LogP) is 5.38. The molecule has 2 aliphatic heterocycles. The van der Waals surface area contributed by atoms with Crippen LogP contribution in [0, 0.1) is 0 Å². The predicted molar refractivity (Wildman–Crippen MR) is 166 cm³/mol. The summed E-state index contributed by atoms with van der Waals surface area (Å²) in [5.41, 5.74) is 5.78. The van der Waals surface area contributed by atoms with Crippen molar-refractivity contribution in [2.24, 2.45) is 4.99 Å². The van der Waals surface area contributed by atoms with Gasteiger partial charge in [-0.05, 0) is 62.2 Å². The van der Waals surface area contributed by atoms with Gasteiger partial charge >= 0.3 is 0 Å². The van der Waals surface area contributed by atoms with Crippen LogP contribution in [0.3, 0.4) is 0 Å². The molecule has 42 heavy (non-hydrogen) atoms. The van der Waals surface area contributed by atoms with Crippen LogP contribution in [0.25, 0.3) is 28.5 Å². The van der Waals surface area contributed by atoms with Crippen molar-refractivity contribution in [1.29, 1.82) is 0 Å². The molecule has 0 spiro atoms. The number of hydrogen-bond donors (Lipinski definition) is 1. The van der Waals surface area contributed by atoms with Crippen molar-refractivity contribution in [3.05, 3.63) is 104 Å². The SMILES string of the molecule is CCC1=C(Nc2ccc(C3CN(C)CCO3)cc2)N=c2c(cc(-c3ccc(-c4cnco4)cc3Cl)c(=O)n2CC)=CC1. The van der Waals surface area contributed by atoms with Gasteiger partial charge in [0.1, 0.15) is 11.3 Å². The minimum absolute atomic E-state index is 0.0762. The third-order valence-electron chi connectivity index (χ3n) is 7.94. The standard InChI is InChI=1S/C33H34ClN5O3/c1-4-21-6-7-24-16-27(26-13-10-23(17-28(26)34)29-18-35-20-42-29)33(40)39(5-2)32(24)37-31(21)36-25-11-8-22(9-12-25)30-19-38(3)14-15-41-30/h7-13,16-18,20,30,36H,4-6,14-15,19H2,1-3H3. The Morgan fingerprint density at radius 2 is 1.93 bits per heavy atom. The van der Waals surface area contributed by atoms with Crippen molar-refractivity contribution in [2.45, 2.75) is 39.3 Å². The molecule has 0 amide bonds. The Morgan fingerprint density at radius 1 is 1.10 bits per heavy atom. The van der Waals surface area contributed by atoms with Crippen LogP contribution in [-0.4, -0.2) is 41.2 Å². The molecule has 4 heterocycles. The van der Waals surface area contributed by atoms with Gasteiger partial charge in [0, 0.05) is 52.3 Å². The lowest BCUT2D eigenvalue weighted by Crippen LogP contribution is -2.43. The van der Waals surface area contributed by atoms with Crippen LogP contribution in [0.2, 0.25) is 5.02 Å². The van der Waals surface area contributed by atoms with Gasteiger partial charge < -0.3 is 19.4 Å². The molecular formula is C33H34ClN5O3. The molecule has 8 nitrogen and oxygen atoms in total. The average Bonchev–Trinajstić information content (AvgIpc) is 3.48. The number of likely N-dealkylation sites (N-methyl/N-ethyl adjacent to an activating group) is 1. The molecule has 1 N–H and O–H groups in total. The molecule has 1 unspecified atom stereocenters. The summed E-state index contributed by atoms with van der Waals surface area (Å²) in [6.07, 6.45) is 6.79. The van der Waals surface area contributed by atoms with Crippen LogP contribution in [-0.2, 0) is 11.3 Å². The summed E-state index contributed by atoms with van der Waals surface area (Å²) in [4.78, 5) is 25.2. The monoisotopic (exact) mass is 583 g/mol. The molecule has 9 heteroatoms. The van der Waals surface area contributed by atoms with Crippen LogP contribution in [0.5, 0.6) is 0 Å². The molecule has 0 saturated carbocycles. The second kappa shape index (κ2) is 12.1. The number of hydrogen-bond acceptors (Lipinski definition) is 7. The van der Waals surface area contributed by atoms with Crippen LogP contribution in [0.1, 0.15) is 38.4 Å². The number of anilines is 1. The normalized spacial score (nSPS) is 17.3. The fraction of sp³-hybridized carbons (Fsp3) is 0.303. The van der Waals surface area contributed by atoms with E-state index in [-0.39, 0.29) is 11.7 Å². The largest absolute Gasteiger partial charge is 0.444 e. The van der Waals surface area contributed by atoms with E-state index >= 15 is 0 Å².